The van der Waals surface area contributed by atoms with E-state index < -0.39 is 0 Å². The van der Waals surface area contributed by atoms with Crippen LogP contribution >= 0.6 is 0 Å². The zero-order valence-corrected chi connectivity index (χ0v) is 7.01. The van der Waals surface area contributed by atoms with Gasteiger partial charge >= 0.3 is 0 Å². The van der Waals surface area contributed by atoms with Gasteiger partial charge in [-0.3, -0.25) is 0 Å². The third-order valence-corrected chi connectivity index (χ3v) is 1.92. The topological polar surface area (TPSA) is 37.9 Å². The molecule has 0 aromatic rings. The molecule has 11 heavy (non-hydrogen) atoms. The fraction of sp³-hybridized carbons (Fsp3) is 0.875. The molecule has 1 saturated heterocycles. The van der Waals surface area contributed by atoms with Crippen LogP contribution in [0.5, 0.6) is 0 Å². The maximum absolute atomic E-state index is 5.44. The Balaban J connectivity index is 1.86. The summed E-state index contributed by atoms with van der Waals surface area (Å²) in [5, 5.41) is 5.27. The lowest BCUT2D eigenvalue weighted by Gasteiger charge is -2.09. The van der Waals surface area contributed by atoms with Crippen LogP contribution in [-0.2, 0) is 4.74 Å². The van der Waals surface area contributed by atoms with E-state index >= 15 is 0 Å². The van der Waals surface area contributed by atoms with Crippen molar-refractivity contribution in [2.24, 2.45) is 0 Å². The predicted octanol–water partition coefficient (Wildman–Crippen LogP) is -0.890. The van der Waals surface area contributed by atoms with E-state index in [-0.39, 0.29) is 0 Å². The van der Waals surface area contributed by atoms with E-state index in [1.807, 2.05) is 5.32 Å². The average Bonchev–Trinajstić information content (AvgIpc) is 2.50. The molecule has 3 nitrogen and oxygen atoms in total. The van der Waals surface area contributed by atoms with Gasteiger partial charge in [-0.05, 0) is 12.8 Å². The summed E-state index contributed by atoms with van der Waals surface area (Å²) in [7, 11) is 3.66. The molecule has 66 valence electrons. The van der Waals surface area contributed by atoms with Crippen molar-refractivity contribution in [3.63, 3.8) is 0 Å². The molecule has 3 heteroatoms. The van der Waals surface area contributed by atoms with Crippen molar-refractivity contribution in [1.82, 2.24) is 5.32 Å². The lowest BCUT2D eigenvalue weighted by atomic mass is 10.2. The largest absolute Gasteiger partial charge is 0.478 e. The van der Waals surface area contributed by atoms with Gasteiger partial charge in [0.05, 0.1) is 12.6 Å². The molecule has 3 N–H and O–H groups in total. The van der Waals surface area contributed by atoms with E-state index in [9.17, 15) is 0 Å². The van der Waals surface area contributed by atoms with Gasteiger partial charge in [-0.25, -0.2) is 0 Å². The van der Waals surface area contributed by atoms with Gasteiger partial charge in [0.1, 0.15) is 0 Å². The third kappa shape index (κ3) is 3.70. The summed E-state index contributed by atoms with van der Waals surface area (Å²) in [6, 6.07) is 0. The smallest absolute Gasteiger partial charge is 0.0700 e. The molecule has 0 radical (unpaired) electrons. The number of nitrogens with one attached hydrogen (secondary N) is 1. The number of hydrogen-bond donors (Lipinski definition) is 2. The van der Waals surface area contributed by atoms with E-state index in [0.29, 0.717) is 6.10 Å². The zero-order valence-electron chi connectivity index (χ0n) is 7.01. The Morgan fingerprint density at radius 2 is 2.55 bits per heavy atom. The van der Waals surface area contributed by atoms with Crippen LogP contribution in [0.15, 0.2) is 0 Å². The third-order valence-electron chi connectivity index (χ3n) is 1.92. The van der Waals surface area contributed by atoms with E-state index in [0.717, 1.165) is 26.2 Å². The Kier molecular flexibility index (Phi) is 4.50. The van der Waals surface area contributed by atoms with E-state index in [1.54, 1.807) is 0 Å². The van der Waals surface area contributed by atoms with E-state index in [2.05, 4.69) is 12.4 Å². The molecule has 0 spiro atoms. The van der Waals surface area contributed by atoms with Crippen molar-refractivity contribution in [2.45, 2.75) is 18.9 Å². The number of hydrogen-bond acceptors (Lipinski definition) is 2. The van der Waals surface area contributed by atoms with Gasteiger partial charge in [-0.15, -0.1) is 0 Å². The van der Waals surface area contributed by atoms with Crippen LogP contribution in [0, 0.1) is 7.05 Å². The fourth-order valence-corrected chi connectivity index (χ4v) is 1.27. The molecule has 0 aliphatic carbocycles. The highest BCUT2D eigenvalue weighted by molar-refractivity contribution is 4.66. The minimum atomic E-state index is 0.472. The standard InChI is InChI=1S/C8H18N2O/c1-9-4-5-10-7-8-3-2-6-11-8/h8,10H,1-7,9H2/t8-/m0/s1. The van der Waals surface area contributed by atoms with Crippen LogP contribution in [0.4, 0.5) is 0 Å². The first-order chi connectivity index (χ1) is 5.43. The molecule has 1 rings (SSSR count). The number of ether oxygens (including phenoxy) is 1. The van der Waals surface area contributed by atoms with Crippen LogP contribution in [-0.4, -0.2) is 32.3 Å². The highest BCUT2D eigenvalue weighted by atomic mass is 16.5. The molecule has 1 fully saturated rings. The van der Waals surface area contributed by atoms with Gasteiger partial charge in [-0.2, -0.15) is 7.05 Å². The van der Waals surface area contributed by atoms with Crippen LogP contribution in [0.2, 0.25) is 0 Å². The number of quaternary nitrogens is 1. The summed E-state index contributed by atoms with van der Waals surface area (Å²) in [5.41, 5.74) is 0. The maximum atomic E-state index is 5.44. The highest BCUT2D eigenvalue weighted by Crippen LogP contribution is 2.09. The number of nitrogens with two attached hydrogens (primary N) is 1. The minimum Gasteiger partial charge on any atom is -0.478 e. The normalized spacial score (nSPS) is 24.3. The van der Waals surface area contributed by atoms with Crippen molar-refractivity contribution < 1.29 is 10.1 Å². The van der Waals surface area contributed by atoms with Gasteiger partial charge in [-0.1, -0.05) is 0 Å². The van der Waals surface area contributed by atoms with Crippen molar-refractivity contribution >= 4 is 0 Å². The molecular formula is C8H18N2O. The zero-order chi connectivity index (χ0) is 7.94. The van der Waals surface area contributed by atoms with Crippen LogP contribution in [0.1, 0.15) is 12.8 Å². The molecule has 0 saturated carbocycles. The average molecular weight is 158 g/mol. The van der Waals surface area contributed by atoms with Gasteiger partial charge in [0.15, 0.2) is 0 Å². The van der Waals surface area contributed by atoms with E-state index in [4.69, 9.17) is 4.74 Å². The first kappa shape index (κ1) is 8.97. The highest BCUT2D eigenvalue weighted by Gasteiger charge is 2.13. The second-order valence-corrected chi connectivity index (χ2v) is 2.92. The van der Waals surface area contributed by atoms with Gasteiger partial charge in [0, 0.05) is 19.7 Å². The minimum absolute atomic E-state index is 0.472. The molecule has 0 aromatic carbocycles. The SMILES string of the molecule is [CH2-][NH2+]CCNC[C@@H]1CCCO1. The second kappa shape index (κ2) is 5.52. The molecule has 1 atom stereocenters. The van der Waals surface area contributed by atoms with Crippen molar-refractivity contribution in [3.05, 3.63) is 7.05 Å². The van der Waals surface area contributed by atoms with Crippen LogP contribution < -0.4 is 10.6 Å². The number of rotatable bonds is 5. The predicted molar refractivity (Wildman–Crippen MR) is 44.0 cm³/mol. The Labute approximate surface area is 68.5 Å². The van der Waals surface area contributed by atoms with Gasteiger partial charge in [0.2, 0.25) is 0 Å². The summed E-state index contributed by atoms with van der Waals surface area (Å²) >= 11 is 0. The maximum Gasteiger partial charge on any atom is 0.0700 e. The van der Waals surface area contributed by atoms with Crippen molar-refractivity contribution in [1.29, 1.82) is 0 Å². The molecule has 1 aliphatic rings. The van der Waals surface area contributed by atoms with Crippen LogP contribution in [0.25, 0.3) is 0 Å². The summed E-state index contributed by atoms with van der Waals surface area (Å²) in [6.45, 7) is 4.04. The molecule has 0 unspecified atom stereocenters. The Bertz CT molecular complexity index is 92.1. The molecule has 0 bridgehead atoms. The lowest BCUT2D eigenvalue weighted by molar-refractivity contribution is -0.593. The quantitative estimate of drug-likeness (QED) is 0.402. The fourth-order valence-electron chi connectivity index (χ4n) is 1.27. The first-order valence-corrected chi connectivity index (χ1v) is 4.36. The van der Waals surface area contributed by atoms with Crippen molar-refractivity contribution in [3.8, 4) is 0 Å². The molecule has 0 aromatic heterocycles. The van der Waals surface area contributed by atoms with E-state index in [1.165, 1.54) is 12.8 Å². The monoisotopic (exact) mass is 158 g/mol. The Hall–Kier alpha value is -0.120. The summed E-state index contributed by atoms with van der Waals surface area (Å²) in [4.78, 5) is 0. The molecular weight excluding hydrogens is 140 g/mol. The van der Waals surface area contributed by atoms with Gasteiger partial charge < -0.3 is 15.4 Å². The molecule has 1 heterocycles. The summed E-state index contributed by atoms with van der Waals surface area (Å²) < 4.78 is 5.44. The Morgan fingerprint density at radius 1 is 1.64 bits per heavy atom. The summed E-state index contributed by atoms with van der Waals surface area (Å²) in [5.74, 6) is 0. The molecule has 1 aliphatic heterocycles. The van der Waals surface area contributed by atoms with Gasteiger partial charge in [0.25, 0.3) is 0 Å². The first-order valence-electron chi connectivity index (χ1n) is 4.36. The Morgan fingerprint density at radius 3 is 3.18 bits per heavy atom. The van der Waals surface area contributed by atoms with Crippen molar-refractivity contribution in [2.75, 3.05) is 26.2 Å². The lowest BCUT2D eigenvalue weighted by Crippen LogP contribution is -2.78. The molecule has 0 amide bonds. The van der Waals surface area contributed by atoms with Crippen LogP contribution in [0.3, 0.4) is 0 Å². The second-order valence-electron chi connectivity index (χ2n) is 2.92. The summed E-state index contributed by atoms with van der Waals surface area (Å²) in [6.07, 6.45) is 2.93.